The molecular weight excluding hydrogens is 276 g/mol. The van der Waals surface area contributed by atoms with Gasteiger partial charge in [-0.3, -0.25) is 9.80 Å². The second-order valence-electron chi connectivity index (χ2n) is 7.01. The molecule has 1 spiro atoms. The van der Waals surface area contributed by atoms with E-state index in [1.54, 1.807) is 6.33 Å². The normalized spacial score (nSPS) is 24.7. The van der Waals surface area contributed by atoms with Crippen molar-refractivity contribution in [3.63, 3.8) is 0 Å². The van der Waals surface area contributed by atoms with E-state index < -0.39 is 0 Å². The maximum atomic E-state index is 4.46. The molecule has 0 N–H and O–H groups in total. The highest BCUT2D eigenvalue weighted by Crippen LogP contribution is 2.31. The molecule has 0 saturated carbocycles. The van der Waals surface area contributed by atoms with Crippen molar-refractivity contribution in [2.45, 2.75) is 44.8 Å². The lowest BCUT2D eigenvalue weighted by Crippen LogP contribution is -2.57. The molecule has 0 aliphatic carbocycles. The number of likely N-dealkylation sites (N-methyl/N-ethyl adjacent to an activating group) is 1. The maximum absolute atomic E-state index is 4.46. The van der Waals surface area contributed by atoms with Crippen LogP contribution >= 0.6 is 0 Å². The van der Waals surface area contributed by atoms with E-state index in [0.29, 0.717) is 5.54 Å². The number of likely N-dealkylation sites (tertiary alicyclic amines) is 1. The first-order valence-corrected chi connectivity index (χ1v) is 8.62. The molecule has 1 aromatic rings. The Morgan fingerprint density at radius 2 is 1.91 bits per heavy atom. The topological polar surface area (TPSA) is 40.4 Å². The van der Waals surface area contributed by atoms with Crippen LogP contribution in [0, 0.1) is 0 Å². The molecule has 6 nitrogen and oxygen atoms in total. The summed E-state index contributed by atoms with van der Waals surface area (Å²) in [5.41, 5.74) is 0.347. The Morgan fingerprint density at radius 3 is 2.64 bits per heavy atom. The maximum Gasteiger partial charge on any atom is 0.140 e. The lowest BCUT2D eigenvalue weighted by Gasteiger charge is -2.47. The number of rotatable bonds is 3. The molecule has 2 aliphatic heterocycles. The van der Waals surface area contributed by atoms with Crippen molar-refractivity contribution in [2.24, 2.45) is 0 Å². The van der Waals surface area contributed by atoms with Crippen molar-refractivity contribution >= 4 is 0 Å². The monoisotopic (exact) mass is 306 g/mol. The molecule has 2 aliphatic rings. The minimum absolute atomic E-state index is 0.347. The number of hydrogen-bond acceptors (Lipinski definition) is 5. The number of piperidine rings is 1. The van der Waals surface area contributed by atoms with Gasteiger partial charge in [0, 0.05) is 18.6 Å². The van der Waals surface area contributed by atoms with Crippen molar-refractivity contribution in [3.8, 4) is 0 Å². The van der Waals surface area contributed by atoms with Crippen LogP contribution in [-0.4, -0.2) is 81.8 Å². The zero-order valence-corrected chi connectivity index (χ0v) is 14.3. The molecule has 2 saturated heterocycles. The van der Waals surface area contributed by atoms with E-state index in [4.69, 9.17) is 0 Å². The summed E-state index contributed by atoms with van der Waals surface area (Å²) < 4.78 is 2.02. The van der Waals surface area contributed by atoms with E-state index >= 15 is 0 Å². The van der Waals surface area contributed by atoms with Crippen LogP contribution in [0.15, 0.2) is 6.33 Å². The van der Waals surface area contributed by atoms with E-state index in [0.717, 1.165) is 25.5 Å². The summed E-state index contributed by atoms with van der Waals surface area (Å²) in [6.07, 6.45) is 5.48. The first-order valence-electron chi connectivity index (χ1n) is 8.62. The highest BCUT2D eigenvalue weighted by Gasteiger charge is 2.40. The van der Waals surface area contributed by atoms with Gasteiger partial charge < -0.3 is 4.90 Å². The molecule has 22 heavy (non-hydrogen) atoms. The van der Waals surface area contributed by atoms with Gasteiger partial charge in [-0.15, -0.1) is 0 Å². The molecule has 124 valence electrons. The van der Waals surface area contributed by atoms with Gasteiger partial charge in [0.25, 0.3) is 0 Å². The Bertz CT molecular complexity index is 477. The molecule has 0 aromatic carbocycles. The Kier molecular flexibility index (Phi) is 4.80. The molecular formula is C16H30N6. The van der Waals surface area contributed by atoms with E-state index in [2.05, 4.69) is 45.8 Å². The number of hydrogen-bond donors (Lipinski definition) is 0. The van der Waals surface area contributed by atoms with Gasteiger partial charge in [-0.25, -0.2) is 9.67 Å². The summed E-state index contributed by atoms with van der Waals surface area (Å²) in [4.78, 5) is 12.2. The van der Waals surface area contributed by atoms with Crippen LogP contribution in [0.5, 0.6) is 0 Å². The minimum Gasteiger partial charge on any atom is -0.306 e. The average molecular weight is 306 g/mol. The van der Waals surface area contributed by atoms with E-state index in [1.807, 2.05) is 4.68 Å². The molecule has 3 rings (SSSR count). The quantitative estimate of drug-likeness (QED) is 0.830. The Labute approximate surface area is 134 Å². The number of aromatic nitrogens is 3. The van der Waals surface area contributed by atoms with E-state index in [9.17, 15) is 0 Å². The Balaban J connectivity index is 1.72. The van der Waals surface area contributed by atoms with Crippen molar-refractivity contribution in [1.29, 1.82) is 0 Å². The lowest BCUT2D eigenvalue weighted by molar-refractivity contribution is 0.0330. The molecule has 6 heteroatoms. The number of aryl methyl sites for hydroxylation is 1. The predicted octanol–water partition coefficient (Wildman–Crippen LogP) is 0.900. The summed E-state index contributed by atoms with van der Waals surface area (Å²) in [6, 6.07) is 0. The van der Waals surface area contributed by atoms with Gasteiger partial charge in [0.05, 0.1) is 6.54 Å². The van der Waals surface area contributed by atoms with Crippen molar-refractivity contribution in [1.82, 2.24) is 29.5 Å². The molecule has 0 amide bonds. The van der Waals surface area contributed by atoms with Crippen molar-refractivity contribution < 1.29 is 0 Å². The lowest BCUT2D eigenvalue weighted by atomic mass is 9.85. The highest BCUT2D eigenvalue weighted by molar-refractivity contribution is 4.99. The fourth-order valence-corrected chi connectivity index (χ4v) is 3.97. The van der Waals surface area contributed by atoms with Crippen LogP contribution in [0.3, 0.4) is 0 Å². The average Bonchev–Trinajstić information content (AvgIpc) is 2.90. The van der Waals surface area contributed by atoms with Crippen LogP contribution < -0.4 is 0 Å². The van der Waals surface area contributed by atoms with Gasteiger partial charge >= 0.3 is 0 Å². The van der Waals surface area contributed by atoms with Gasteiger partial charge in [0.2, 0.25) is 0 Å². The fourth-order valence-electron chi connectivity index (χ4n) is 3.97. The predicted molar refractivity (Wildman–Crippen MR) is 87.7 cm³/mol. The Morgan fingerprint density at radius 1 is 1.14 bits per heavy atom. The van der Waals surface area contributed by atoms with Crippen LogP contribution in [0.25, 0.3) is 0 Å². The van der Waals surface area contributed by atoms with E-state index in [1.165, 1.54) is 45.4 Å². The first-order chi connectivity index (χ1) is 10.6. The number of nitrogens with zero attached hydrogens (tertiary/aromatic N) is 6. The first kappa shape index (κ1) is 15.9. The third-order valence-corrected chi connectivity index (χ3v) is 5.57. The minimum atomic E-state index is 0.347. The summed E-state index contributed by atoms with van der Waals surface area (Å²) >= 11 is 0. The fraction of sp³-hybridized carbons (Fsp3) is 0.875. The van der Waals surface area contributed by atoms with Gasteiger partial charge in [-0.05, 0) is 66.5 Å². The molecule has 0 radical (unpaired) electrons. The molecule has 0 unspecified atom stereocenters. The molecule has 2 fully saturated rings. The summed E-state index contributed by atoms with van der Waals surface area (Å²) in [5.74, 6) is 1.11. The van der Waals surface area contributed by atoms with Gasteiger partial charge in [-0.1, -0.05) is 0 Å². The second kappa shape index (κ2) is 6.64. The summed E-state index contributed by atoms with van der Waals surface area (Å²) in [5, 5.41) is 4.31. The Hall–Kier alpha value is -0.980. The summed E-state index contributed by atoms with van der Waals surface area (Å²) in [6.45, 7) is 9.92. The second-order valence-corrected chi connectivity index (χ2v) is 7.01. The molecule has 0 bridgehead atoms. The third kappa shape index (κ3) is 3.19. The van der Waals surface area contributed by atoms with Crippen LogP contribution in [0.1, 0.15) is 32.0 Å². The highest BCUT2D eigenvalue weighted by atomic mass is 15.4. The summed E-state index contributed by atoms with van der Waals surface area (Å²) in [7, 11) is 4.56. The third-order valence-electron chi connectivity index (χ3n) is 5.57. The van der Waals surface area contributed by atoms with Crippen LogP contribution in [0.2, 0.25) is 0 Å². The molecule has 0 atom stereocenters. The zero-order valence-electron chi connectivity index (χ0n) is 14.3. The molecule has 1 aromatic heterocycles. The van der Waals surface area contributed by atoms with Gasteiger partial charge in [0.1, 0.15) is 12.2 Å². The zero-order chi connectivity index (χ0) is 15.6. The molecule has 3 heterocycles. The largest absolute Gasteiger partial charge is 0.306 e. The van der Waals surface area contributed by atoms with Gasteiger partial charge in [0.15, 0.2) is 0 Å². The van der Waals surface area contributed by atoms with E-state index in [-0.39, 0.29) is 0 Å². The SMILES string of the molecule is CCn1ncnc1CN1CCCN(C)C2(CCN(C)CC2)C1. The standard InChI is InChI=1S/C16H30N6/c1-4-22-15(17-14-18-22)12-21-9-5-8-20(3)16(13-21)6-10-19(2)11-7-16/h14H,4-13H2,1-3H3. The van der Waals surface area contributed by atoms with Crippen molar-refractivity contribution in [2.75, 3.05) is 46.8 Å². The van der Waals surface area contributed by atoms with Crippen LogP contribution in [0.4, 0.5) is 0 Å². The van der Waals surface area contributed by atoms with Crippen LogP contribution in [-0.2, 0) is 13.1 Å². The van der Waals surface area contributed by atoms with Crippen molar-refractivity contribution in [3.05, 3.63) is 12.2 Å². The smallest absolute Gasteiger partial charge is 0.140 e. The van der Waals surface area contributed by atoms with Gasteiger partial charge in [-0.2, -0.15) is 5.10 Å².